The van der Waals surface area contributed by atoms with Crippen molar-refractivity contribution in [3.8, 4) is 0 Å². The van der Waals surface area contributed by atoms with Gasteiger partial charge in [0.2, 0.25) is 5.91 Å². The zero-order chi connectivity index (χ0) is 16.9. The molecule has 5 nitrogen and oxygen atoms in total. The number of imidazole rings is 1. The van der Waals surface area contributed by atoms with Crippen LogP contribution in [0, 0.1) is 0 Å². The van der Waals surface area contributed by atoms with Crippen LogP contribution in [0.15, 0.2) is 36.7 Å². The second kappa shape index (κ2) is 7.62. The molecule has 1 aliphatic rings. The lowest BCUT2D eigenvalue weighted by Gasteiger charge is -2.13. The largest absolute Gasteiger partial charge is 0.378 e. The minimum absolute atomic E-state index is 0.0181. The number of aromatic nitrogens is 2. The van der Waals surface area contributed by atoms with E-state index in [-0.39, 0.29) is 12.0 Å². The first-order valence-corrected chi connectivity index (χ1v) is 8.63. The van der Waals surface area contributed by atoms with E-state index in [1.807, 2.05) is 30.6 Å². The molecule has 1 N–H and O–H groups in total. The van der Waals surface area contributed by atoms with E-state index in [1.165, 1.54) is 0 Å². The van der Waals surface area contributed by atoms with Crippen molar-refractivity contribution in [2.24, 2.45) is 0 Å². The number of anilines is 1. The Hall–Kier alpha value is -2.14. The molecule has 1 aromatic heterocycles. The Morgan fingerprint density at radius 1 is 1.46 bits per heavy atom. The molecule has 3 rings (SSSR count). The molecule has 1 fully saturated rings. The summed E-state index contributed by atoms with van der Waals surface area (Å²) >= 11 is 0. The summed E-state index contributed by atoms with van der Waals surface area (Å²) in [5, 5.41) is 2.98. The summed E-state index contributed by atoms with van der Waals surface area (Å²) in [7, 11) is 0. The fraction of sp³-hybridized carbons (Fsp3) is 0.474. The predicted octanol–water partition coefficient (Wildman–Crippen LogP) is 3.56. The first kappa shape index (κ1) is 16.7. The standard InChI is InChI=1S/C19H25N3O2/c1-14(2)19-20-8-9-22(19)13-15-5-3-6-16(11-15)21-18(23)12-17-7-4-10-24-17/h3,5-6,8-9,11,14,17H,4,7,10,12-13H2,1-2H3,(H,21,23)/t17-/m1/s1. The van der Waals surface area contributed by atoms with Gasteiger partial charge in [-0.05, 0) is 30.5 Å². The zero-order valence-electron chi connectivity index (χ0n) is 14.4. The third-order valence-corrected chi connectivity index (χ3v) is 4.26. The Kier molecular flexibility index (Phi) is 5.30. The van der Waals surface area contributed by atoms with Gasteiger partial charge in [0.25, 0.3) is 0 Å². The van der Waals surface area contributed by atoms with Gasteiger partial charge in [-0.1, -0.05) is 26.0 Å². The van der Waals surface area contributed by atoms with Crippen LogP contribution in [0.2, 0.25) is 0 Å². The van der Waals surface area contributed by atoms with Gasteiger partial charge < -0.3 is 14.6 Å². The van der Waals surface area contributed by atoms with E-state index < -0.39 is 0 Å². The number of benzene rings is 1. The molecule has 1 amide bonds. The van der Waals surface area contributed by atoms with Gasteiger partial charge in [0.1, 0.15) is 5.82 Å². The molecule has 0 radical (unpaired) electrons. The normalized spacial score (nSPS) is 17.4. The van der Waals surface area contributed by atoms with Gasteiger partial charge in [-0.3, -0.25) is 4.79 Å². The number of rotatable bonds is 6. The topological polar surface area (TPSA) is 56.2 Å². The lowest BCUT2D eigenvalue weighted by Crippen LogP contribution is -2.19. The van der Waals surface area contributed by atoms with E-state index in [0.717, 1.165) is 43.1 Å². The average molecular weight is 327 g/mol. The minimum Gasteiger partial charge on any atom is -0.378 e. The number of nitrogens with zero attached hydrogens (tertiary/aromatic N) is 2. The van der Waals surface area contributed by atoms with Crippen molar-refractivity contribution in [1.29, 1.82) is 0 Å². The molecular formula is C19H25N3O2. The van der Waals surface area contributed by atoms with E-state index in [1.54, 1.807) is 0 Å². The Balaban J connectivity index is 1.63. The summed E-state index contributed by atoms with van der Waals surface area (Å²) < 4.78 is 7.67. The van der Waals surface area contributed by atoms with Crippen molar-refractivity contribution in [3.63, 3.8) is 0 Å². The van der Waals surface area contributed by atoms with Crippen LogP contribution in [0.4, 0.5) is 5.69 Å². The Morgan fingerprint density at radius 3 is 3.08 bits per heavy atom. The first-order chi connectivity index (χ1) is 11.6. The quantitative estimate of drug-likeness (QED) is 0.882. The van der Waals surface area contributed by atoms with Crippen LogP contribution in [0.25, 0.3) is 0 Å². The van der Waals surface area contributed by atoms with Gasteiger partial charge in [0, 0.05) is 37.2 Å². The Morgan fingerprint density at radius 2 is 2.33 bits per heavy atom. The smallest absolute Gasteiger partial charge is 0.226 e. The van der Waals surface area contributed by atoms with Crippen LogP contribution in [0.5, 0.6) is 0 Å². The SMILES string of the molecule is CC(C)c1nccn1Cc1cccc(NC(=O)C[C@H]2CCCO2)c1. The number of hydrogen-bond donors (Lipinski definition) is 1. The maximum absolute atomic E-state index is 12.1. The maximum Gasteiger partial charge on any atom is 0.226 e. The van der Waals surface area contributed by atoms with Crippen LogP contribution in [-0.4, -0.2) is 28.2 Å². The Labute approximate surface area is 143 Å². The number of carbonyl (C=O) groups excluding carboxylic acids is 1. The molecule has 1 aliphatic heterocycles. The summed E-state index contributed by atoms with van der Waals surface area (Å²) in [4.78, 5) is 16.6. The van der Waals surface area contributed by atoms with Crippen molar-refractivity contribution in [2.75, 3.05) is 11.9 Å². The molecule has 128 valence electrons. The van der Waals surface area contributed by atoms with Gasteiger partial charge >= 0.3 is 0 Å². The highest BCUT2D eigenvalue weighted by Gasteiger charge is 2.19. The molecule has 1 aromatic carbocycles. The fourth-order valence-corrected chi connectivity index (χ4v) is 3.12. The summed E-state index contributed by atoms with van der Waals surface area (Å²) in [5.74, 6) is 1.47. The lowest BCUT2D eigenvalue weighted by molar-refractivity contribution is -0.118. The summed E-state index contributed by atoms with van der Waals surface area (Å²) in [5.41, 5.74) is 1.98. The molecule has 0 spiro atoms. The first-order valence-electron chi connectivity index (χ1n) is 8.63. The van der Waals surface area contributed by atoms with Gasteiger partial charge in [0.15, 0.2) is 0 Å². The van der Waals surface area contributed by atoms with Gasteiger partial charge in [-0.15, -0.1) is 0 Å². The van der Waals surface area contributed by atoms with Crippen LogP contribution < -0.4 is 5.32 Å². The van der Waals surface area contributed by atoms with E-state index in [2.05, 4.69) is 34.8 Å². The maximum atomic E-state index is 12.1. The second-order valence-corrected chi connectivity index (χ2v) is 6.66. The van der Waals surface area contributed by atoms with Crippen molar-refractivity contribution in [2.45, 2.75) is 51.7 Å². The monoisotopic (exact) mass is 327 g/mol. The fourth-order valence-electron chi connectivity index (χ4n) is 3.12. The molecular weight excluding hydrogens is 302 g/mol. The highest BCUT2D eigenvalue weighted by Crippen LogP contribution is 2.18. The van der Waals surface area contributed by atoms with Crippen LogP contribution in [0.1, 0.15) is 50.4 Å². The van der Waals surface area contributed by atoms with Gasteiger partial charge in [0.05, 0.1) is 12.5 Å². The van der Waals surface area contributed by atoms with Gasteiger partial charge in [-0.2, -0.15) is 0 Å². The van der Waals surface area contributed by atoms with Crippen molar-refractivity contribution >= 4 is 11.6 Å². The molecule has 0 saturated carbocycles. The summed E-state index contributed by atoms with van der Waals surface area (Å²) in [6, 6.07) is 7.99. The number of carbonyl (C=O) groups is 1. The van der Waals surface area contributed by atoms with E-state index in [9.17, 15) is 4.79 Å². The summed E-state index contributed by atoms with van der Waals surface area (Å²) in [6.07, 6.45) is 6.37. The second-order valence-electron chi connectivity index (χ2n) is 6.66. The molecule has 0 bridgehead atoms. The molecule has 24 heavy (non-hydrogen) atoms. The van der Waals surface area contributed by atoms with Crippen molar-refractivity contribution < 1.29 is 9.53 Å². The molecule has 1 saturated heterocycles. The number of ether oxygens (including phenoxy) is 1. The third kappa shape index (κ3) is 4.23. The van der Waals surface area contributed by atoms with Gasteiger partial charge in [-0.25, -0.2) is 4.98 Å². The van der Waals surface area contributed by atoms with Crippen LogP contribution in [-0.2, 0) is 16.1 Å². The number of nitrogens with one attached hydrogen (secondary N) is 1. The Bertz CT molecular complexity index is 687. The van der Waals surface area contributed by atoms with E-state index in [4.69, 9.17) is 4.74 Å². The molecule has 5 heteroatoms. The highest BCUT2D eigenvalue weighted by molar-refractivity contribution is 5.91. The number of hydrogen-bond acceptors (Lipinski definition) is 3. The highest BCUT2D eigenvalue weighted by atomic mass is 16.5. The van der Waals surface area contributed by atoms with Crippen molar-refractivity contribution in [3.05, 3.63) is 48.0 Å². The zero-order valence-corrected chi connectivity index (χ0v) is 14.4. The van der Waals surface area contributed by atoms with E-state index in [0.29, 0.717) is 12.3 Å². The number of amides is 1. The summed E-state index contributed by atoms with van der Waals surface area (Å²) in [6.45, 7) is 5.81. The molecule has 2 heterocycles. The lowest BCUT2D eigenvalue weighted by atomic mass is 10.1. The average Bonchev–Trinajstić information content (AvgIpc) is 3.19. The molecule has 0 aliphatic carbocycles. The van der Waals surface area contributed by atoms with Crippen molar-refractivity contribution in [1.82, 2.24) is 9.55 Å². The molecule has 1 atom stereocenters. The molecule has 2 aromatic rings. The van der Waals surface area contributed by atoms with Crippen LogP contribution >= 0.6 is 0 Å². The van der Waals surface area contributed by atoms with Crippen LogP contribution in [0.3, 0.4) is 0 Å². The predicted molar refractivity (Wildman–Crippen MR) is 94.1 cm³/mol. The third-order valence-electron chi connectivity index (χ3n) is 4.26. The molecule has 0 unspecified atom stereocenters. The van der Waals surface area contributed by atoms with E-state index >= 15 is 0 Å². The minimum atomic E-state index is 0.0181.